The molecule has 0 saturated heterocycles. The molecule has 110 valence electrons. The molecule has 0 saturated carbocycles. The Balaban J connectivity index is 1.94. The molecule has 1 N–H and O–H groups in total. The molecule has 21 heavy (non-hydrogen) atoms. The second-order valence-corrected chi connectivity index (χ2v) is 4.42. The van der Waals surface area contributed by atoms with Crippen LogP contribution in [0.1, 0.15) is 17.5 Å². The summed E-state index contributed by atoms with van der Waals surface area (Å²) >= 11 is 0. The van der Waals surface area contributed by atoms with Crippen molar-refractivity contribution in [3.05, 3.63) is 47.8 Å². The lowest BCUT2D eigenvalue weighted by molar-refractivity contribution is -0.137. The van der Waals surface area contributed by atoms with Gasteiger partial charge in [-0.05, 0) is 30.7 Å². The fourth-order valence-electron chi connectivity index (χ4n) is 1.90. The molecule has 1 aromatic heterocycles. The molecule has 0 aliphatic rings. The van der Waals surface area contributed by atoms with E-state index in [1.54, 1.807) is 16.9 Å². The highest BCUT2D eigenvalue weighted by Gasteiger charge is 2.33. The van der Waals surface area contributed by atoms with Crippen molar-refractivity contribution in [1.82, 2.24) is 9.78 Å². The zero-order valence-corrected chi connectivity index (χ0v) is 11.1. The van der Waals surface area contributed by atoms with E-state index in [9.17, 15) is 13.2 Å². The number of hydrogen-bond donors (Lipinski definition) is 1. The third kappa shape index (κ3) is 3.99. The summed E-state index contributed by atoms with van der Waals surface area (Å²) in [6.07, 6.45) is -0.220. The van der Waals surface area contributed by atoms with E-state index < -0.39 is 11.7 Å². The van der Waals surface area contributed by atoms with Gasteiger partial charge in [-0.3, -0.25) is 4.68 Å². The summed E-state index contributed by atoms with van der Waals surface area (Å²) in [5, 5.41) is 15.9. The second-order valence-electron chi connectivity index (χ2n) is 4.42. The molecule has 0 spiro atoms. The van der Waals surface area contributed by atoms with Gasteiger partial charge in [0, 0.05) is 31.2 Å². The Morgan fingerprint density at radius 3 is 2.76 bits per heavy atom. The molecule has 0 bridgehead atoms. The van der Waals surface area contributed by atoms with Crippen LogP contribution in [0.2, 0.25) is 0 Å². The molecule has 0 unspecified atom stereocenters. The summed E-state index contributed by atoms with van der Waals surface area (Å²) in [5.74, 6) is 0. The summed E-state index contributed by atoms with van der Waals surface area (Å²) in [4.78, 5) is 0. The van der Waals surface area contributed by atoms with E-state index in [1.165, 1.54) is 12.1 Å². The molecule has 2 aromatic rings. The van der Waals surface area contributed by atoms with Crippen LogP contribution in [0.15, 0.2) is 36.7 Å². The number of rotatable bonds is 5. The topological polar surface area (TPSA) is 53.6 Å². The summed E-state index contributed by atoms with van der Waals surface area (Å²) in [6.45, 7) is 1.29. The van der Waals surface area contributed by atoms with Crippen LogP contribution in [-0.4, -0.2) is 16.3 Å². The standard InChI is InChI=1S/C14H13F3N4/c15-14(16,17)13-4-3-12(9-11(13)10-18)19-5-1-7-21-8-2-6-20-21/h2-4,6,8-9,19H,1,5,7H2. The molecule has 1 heterocycles. The fourth-order valence-corrected chi connectivity index (χ4v) is 1.90. The Morgan fingerprint density at radius 1 is 1.33 bits per heavy atom. The van der Waals surface area contributed by atoms with E-state index >= 15 is 0 Å². The quantitative estimate of drug-likeness (QED) is 0.861. The normalized spacial score (nSPS) is 11.1. The summed E-state index contributed by atoms with van der Waals surface area (Å²) in [7, 11) is 0. The van der Waals surface area contributed by atoms with Crippen molar-refractivity contribution in [2.24, 2.45) is 0 Å². The minimum atomic E-state index is -4.51. The first-order valence-corrected chi connectivity index (χ1v) is 6.33. The first-order valence-electron chi connectivity index (χ1n) is 6.33. The molecule has 0 fully saturated rings. The number of halogens is 3. The zero-order chi connectivity index (χ0) is 15.3. The molecule has 2 rings (SSSR count). The van der Waals surface area contributed by atoms with E-state index in [-0.39, 0.29) is 5.56 Å². The molecular weight excluding hydrogens is 281 g/mol. The Morgan fingerprint density at radius 2 is 2.14 bits per heavy atom. The maximum atomic E-state index is 12.6. The van der Waals surface area contributed by atoms with Crippen LogP contribution >= 0.6 is 0 Å². The van der Waals surface area contributed by atoms with Gasteiger partial charge in [-0.2, -0.15) is 23.5 Å². The number of nitrogens with zero attached hydrogens (tertiary/aromatic N) is 3. The molecule has 7 heteroatoms. The first kappa shape index (κ1) is 14.9. The molecule has 0 aliphatic heterocycles. The van der Waals surface area contributed by atoms with Gasteiger partial charge < -0.3 is 5.32 Å². The summed E-state index contributed by atoms with van der Waals surface area (Å²) in [5.41, 5.74) is -0.785. The molecule has 0 aliphatic carbocycles. The van der Waals surface area contributed by atoms with Gasteiger partial charge in [0.2, 0.25) is 0 Å². The van der Waals surface area contributed by atoms with E-state index in [4.69, 9.17) is 5.26 Å². The number of nitrogens with one attached hydrogen (secondary N) is 1. The van der Waals surface area contributed by atoms with Crippen LogP contribution < -0.4 is 5.32 Å². The van der Waals surface area contributed by atoms with Crippen molar-refractivity contribution in [2.75, 3.05) is 11.9 Å². The van der Waals surface area contributed by atoms with Gasteiger partial charge in [0.05, 0.1) is 17.2 Å². The lowest BCUT2D eigenvalue weighted by Gasteiger charge is -2.11. The molecule has 0 amide bonds. The second kappa shape index (κ2) is 6.31. The van der Waals surface area contributed by atoms with Crippen molar-refractivity contribution in [3.63, 3.8) is 0 Å². The maximum absolute atomic E-state index is 12.6. The van der Waals surface area contributed by atoms with Crippen molar-refractivity contribution in [3.8, 4) is 6.07 Å². The Hall–Kier alpha value is -2.49. The van der Waals surface area contributed by atoms with E-state index in [2.05, 4.69) is 10.4 Å². The average molecular weight is 294 g/mol. The van der Waals surface area contributed by atoms with Gasteiger partial charge in [-0.1, -0.05) is 0 Å². The van der Waals surface area contributed by atoms with Crippen molar-refractivity contribution in [1.29, 1.82) is 5.26 Å². The SMILES string of the molecule is N#Cc1cc(NCCCn2cccn2)ccc1C(F)(F)F. The summed E-state index contributed by atoms with van der Waals surface area (Å²) < 4.78 is 39.7. The number of aromatic nitrogens is 2. The van der Waals surface area contributed by atoms with Crippen molar-refractivity contribution >= 4 is 5.69 Å². The summed E-state index contributed by atoms with van der Waals surface area (Å²) in [6, 6.07) is 6.88. The van der Waals surface area contributed by atoms with E-state index in [1.807, 2.05) is 12.3 Å². The Bertz CT molecular complexity index is 627. The smallest absolute Gasteiger partial charge is 0.385 e. The first-order chi connectivity index (χ1) is 10.0. The van der Waals surface area contributed by atoms with E-state index in [0.717, 1.165) is 12.5 Å². The van der Waals surface area contributed by atoms with Gasteiger partial charge in [-0.15, -0.1) is 0 Å². The maximum Gasteiger partial charge on any atom is 0.417 e. The van der Waals surface area contributed by atoms with Crippen LogP contribution in [0.4, 0.5) is 18.9 Å². The predicted octanol–water partition coefficient (Wildman–Crippen LogP) is 3.28. The average Bonchev–Trinajstić information content (AvgIpc) is 2.95. The molecular formula is C14H13F3N4. The molecule has 1 aromatic carbocycles. The van der Waals surface area contributed by atoms with Crippen LogP contribution in [0, 0.1) is 11.3 Å². The number of benzene rings is 1. The van der Waals surface area contributed by atoms with Gasteiger partial charge in [-0.25, -0.2) is 0 Å². The van der Waals surface area contributed by atoms with Crippen LogP contribution in [0.5, 0.6) is 0 Å². The number of alkyl halides is 3. The van der Waals surface area contributed by atoms with Crippen LogP contribution in [-0.2, 0) is 12.7 Å². The van der Waals surface area contributed by atoms with E-state index in [0.29, 0.717) is 18.8 Å². The van der Waals surface area contributed by atoms with Gasteiger partial charge in [0.25, 0.3) is 0 Å². The monoisotopic (exact) mass is 294 g/mol. The highest BCUT2D eigenvalue weighted by atomic mass is 19.4. The number of anilines is 1. The minimum Gasteiger partial charge on any atom is -0.385 e. The minimum absolute atomic E-state index is 0.375. The number of aryl methyl sites for hydroxylation is 1. The van der Waals surface area contributed by atoms with Crippen molar-refractivity contribution in [2.45, 2.75) is 19.1 Å². The lowest BCUT2D eigenvalue weighted by atomic mass is 10.1. The Kier molecular flexibility index (Phi) is 4.48. The Labute approximate surface area is 119 Å². The van der Waals surface area contributed by atoms with Crippen LogP contribution in [0.3, 0.4) is 0 Å². The largest absolute Gasteiger partial charge is 0.417 e. The van der Waals surface area contributed by atoms with Gasteiger partial charge in [0.1, 0.15) is 0 Å². The third-order valence-electron chi connectivity index (χ3n) is 2.90. The molecule has 4 nitrogen and oxygen atoms in total. The fraction of sp³-hybridized carbons (Fsp3) is 0.286. The van der Waals surface area contributed by atoms with Gasteiger partial charge >= 0.3 is 6.18 Å². The molecule has 0 radical (unpaired) electrons. The van der Waals surface area contributed by atoms with Crippen LogP contribution in [0.25, 0.3) is 0 Å². The predicted molar refractivity (Wildman–Crippen MR) is 71.5 cm³/mol. The number of nitriles is 1. The zero-order valence-electron chi connectivity index (χ0n) is 11.1. The van der Waals surface area contributed by atoms with Crippen molar-refractivity contribution < 1.29 is 13.2 Å². The van der Waals surface area contributed by atoms with Gasteiger partial charge in [0.15, 0.2) is 0 Å². The molecule has 0 atom stereocenters. The number of hydrogen-bond acceptors (Lipinski definition) is 3. The third-order valence-corrected chi connectivity index (χ3v) is 2.90. The highest BCUT2D eigenvalue weighted by molar-refractivity contribution is 5.53. The lowest BCUT2D eigenvalue weighted by Crippen LogP contribution is -2.10. The highest BCUT2D eigenvalue weighted by Crippen LogP contribution is 2.32.